The van der Waals surface area contributed by atoms with E-state index in [0.29, 0.717) is 31.7 Å². The number of rotatable bonds is 3. The first kappa shape index (κ1) is 19.0. The lowest BCUT2D eigenvalue weighted by Gasteiger charge is -2.32. The lowest BCUT2D eigenvalue weighted by atomic mass is 10.1. The maximum absolute atomic E-state index is 12.6. The van der Waals surface area contributed by atoms with E-state index in [0.717, 1.165) is 21.4 Å². The normalized spacial score (nSPS) is 15.8. The molecule has 3 rings (SSSR count). The van der Waals surface area contributed by atoms with Gasteiger partial charge in [0.25, 0.3) is 5.56 Å². The van der Waals surface area contributed by atoms with E-state index in [4.69, 9.17) is 4.74 Å². The summed E-state index contributed by atoms with van der Waals surface area (Å²) in [5.41, 5.74) is -1.68. The molecule has 1 saturated heterocycles. The van der Waals surface area contributed by atoms with Crippen LogP contribution in [0, 0.1) is 0 Å². The van der Waals surface area contributed by atoms with Crippen molar-refractivity contribution >= 4 is 5.82 Å². The standard InChI is InChI=1S/C17H19F3N4O3/c1-22-15(25)14(21-23(2)16(22)26)24-9-7-13(8-10-24)27-12-5-3-11(4-6-12)17(18,19)20/h3-6,13H,7-10H2,1-2H3. The largest absolute Gasteiger partial charge is 0.490 e. The van der Waals surface area contributed by atoms with Gasteiger partial charge in [-0.25, -0.2) is 9.48 Å². The summed E-state index contributed by atoms with van der Waals surface area (Å²) < 4.78 is 45.7. The molecule has 0 unspecified atom stereocenters. The lowest BCUT2D eigenvalue weighted by Crippen LogP contribution is -2.46. The number of piperidine rings is 1. The van der Waals surface area contributed by atoms with Crippen LogP contribution in [0.2, 0.25) is 0 Å². The fourth-order valence-electron chi connectivity index (χ4n) is 2.98. The molecule has 2 heterocycles. The Hall–Kier alpha value is -2.78. The number of halogens is 3. The SMILES string of the molecule is Cn1nc(N2CCC(Oc3ccc(C(F)(F)F)cc3)CC2)c(=O)n(C)c1=O. The van der Waals surface area contributed by atoms with Gasteiger partial charge in [-0.1, -0.05) is 0 Å². The molecule has 10 heteroatoms. The van der Waals surface area contributed by atoms with Crippen molar-refractivity contribution in [3.05, 3.63) is 50.7 Å². The van der Waals surface area contributed by atoms with Gasteiger partial charge in [0.15, 0.2) is 0 Å². The van der Waals surface area contributed by atoms with E-state index < -0.39 is 23.0 Å². The van der Waals surface area contributed by atoms with E-state index in [2.05, 4.69) is 5.10 Å². The average Bonchev–Trinajstić information content (AvgIpc) is 2.63. The number of aromatic nitrogens is 3. The molecule has 1 aromatic carbocycles. The number of anilines is 1. The Kier molecular flexibility index (Phi) is 4.99. The van der Waals surface area contributed by atoms with Crippen LogP contribution in [0.3, 0.4) is 0 Å². The van der Waals surface area contributed by atoms with Crippen LogP contribution in [-0.2, 0) is 20.3 Å². The van der Waals surface area contributed by atoms with Crippen molar-refractivity contribution in [1.29, 1.82) is 0 Å². The zero-order valence-corrected chi connectivity index (χ0v) is 14.9. The van der Waals surface area contributed by atoms with E-state index in [1.807, 2.05) is 0 Å². The Morgan fingerprint density at radius 2 is 1.67 bits per heavy atom. The molecule has 0 N–H and O–H groups in total. The predicted molar refractivity (Wildman–Crippen MR) is 92.0 cm³/mol. The smallest absolute Gasteiger partial charge is 0.416 e. The summed E-state index contributed by atoms with van der Waals surface area (Å²) in [6.45, 7) is 0.984. The van der Waals surface area contributed by atoms with Crippen LogP contribution in [0.25, 0.3) is 0 Å². The molecular formula is C17H19F3N4O3. The number of alkyl halides is 3. The summed E-state index contributed by atoms with van der Waals surface area (Å²) in [5.74, 6) is 0.574. The minimum absolute atomic E-state index is 0.172. The predicted octanol–water partition coefficient (Wildman–Crippen LogP) is 1.55. The van der Waals surface area contributed by atoms with Crippen molar-refractivity contribution in [1.82, 2.24) is 14.3 Å². The molecule has 27 heavy (non-hydrogen) atoms. The van der Waals surface area contributed by atoms with Gasteiger partial charge in [0, 0.05) is 40.0 Å². The molecule has 0 atom stereocenters. The van der Waals surface area contributed by atoms with Crippen LogP contribution in [-0.4, -0.2) is 33.5 Å². The summed E-state index contributed by atoms with van der Waals surface area (Å²) >= 11 is 0. The Balaban J connectivity index is 1.64. The fraction of sp³-hybridized carbons (Fsp3) is 0.471. The highest BCUT2D eigenvalue weighted by atomic mass is 19.4. The van der Waals surface area contributed by atoms with Crippen molar-refractivity contribution in [3.63, 3.8) is 0 Å². The second kappa shape index (κ2) is 7.09. The number of nitrogens with zero attached hydrogens (tertiary/aromatic N) is 4. The minimum atomic E-state index is -4.38. The zero-order chi connectivity index (χ0) is 19.8. The van der Waals surface area contributed by atoms with E-state index >= 15 is 0 Å². The van der Waals surface area contributed by atoms with Gasteiger partial charge in [-0.05, 0) is 24.3 Å². The van der Waals surface area contributed by atoms with Crippen LogP contribution in [0.15, 0.2) is 33.9 Å². The van der Waals surface area contributed by atoms with Gasteiger partial charge in [0.1, 0.15) is 11.9 Å². The molecule has 0 bridgehead atoms. The van der Waals surface area contributed by atoms with E-state index in [9.17, 15) is 22.8 Å². The highest BCUT2D eigenvalue weighted by Gasteiger charge is 2.30. The highest BCUT2D eigenvalue weighted by Crippen LogP contribution is 2.30. The molecule has 0 amide bonds. The summed E-state index contributed by atoms with van der Waals surface area (Å²) in [6, 6.07) is 4.59. The van der Waals surface area contributed by atoms with Gasteiger partial charge in [0.2, 0.25) is 5.82 Å². The quantitative estimate of drug-likeness (QED) is 0.803. The van der Waals surface area contributed by atoms with Crippen LogP contribution >= 0.6 is 0 Å². The van der Waals surface area contributed by atoms with Gasteiger partial charge in [-0.2, -0.15) is 13.2 Å². The molecule has 2 aromatic rings. The first-order valence-corrected chi connectivity index (χ1v) is 8.40. The number of hydrogen-bond acceptors (Lipinski definition) is 5. The summed E-state index contributed by atoms with van der Waals surface area (Å²) in [7, 11) is 2.88. The second-order valence-electron chi connectivity index (χ2n) is 6.42. The highest BCUT2D eigenvalue weighted by molar-refractivity contribution is 5.35. The maximum atomic E-state index is 12.6. The van der Waals surface area contributed by atoms with Crippen molar-refractivity contribution in [3.8, 4) is 5.75 Å². The minimum Gasteiger partial charge on any atom is -0.490 e. The summed E-state index contributed by atoms with van der Waals surface area (Å²) in [6.07, 6.45) is -3.39. The van der Waals surface area contributed by atoms with Crippen LogP contribution in [0.1, 0.15) is 18.4 Å². The Labute approximate surface area is 152 Å². The number of aryl methyl sites for hydroxylation is 1. The molecule has 146 valence electrons. The molecule has 1 aliphatic rings. The molecule has 1 aromatic heterocycles. The first-order chi connectivity index (χ1) is 12.7. The fourth-order valence-corrected chi connectivity index (χ4v) is 2.98. The average molecular weight is 384 g/mol. The van der Waals surface area contributed by atoms with Gasteiger partial charge < -0.3 is 9.64 Å². The maximum Gasteiger partial charge on any atom is 0.416 e. The van der Waals surface area contributed by atoms with Crippen molar-refractivity contribution in [2.45, 2.75) is 25.1 Å². The third-order valence-corrected chi connectivity index (χ3v) is 4.53. The monoisotopic (exact) mass is 384 g/mol. The number of ether oxygens (including phenoxy) is 1. The summed E-state index contributed by atoms with van der Waals surface area (Å²) in [5, 5.41) is 4.05. The lowest BCUT2D eigenvalue weighted by molar-refractivity contribution is -0.137. The van der Waals surface area contributed by atoms with Crippen molar-refractivity contribution in [2.24, 2.45) is 14.1 Å². The topological polar surface area (TPSA) is 69.4 Å². The molecule has 0 radical (unpaired) electrons. The van der Waals surface area contributed by atoms with Crippen molar-refractivity contribution < 1.29 is 17.9 Å². The molecule has 0 spiro atoms. The molecule has 1 fully saturated rings. The van der Waals surface area contributed by atoms with Crippen molar-refractivity contribution in [2.75, 3.05) is 18.0 Å². The third kappa shape index (κ3) is 3.99. The molecule has 0 aliphatic carbocycles. The Morgan fingerprint density at radius 1 is 1.07 bits per heavy atom. The second-order valence-corrected chi connectivity index (χ2v) is 6.42. The zero-order valence-electron chi connectivity index (χ0n) is 14.9. The van der Waals surface area contributed by atoms with Gasteiger partial charge in [-0.3, -0.25) is 9.36 Å². The molecular weight excluding hydrogens is 365 g/mol. The van der Waals surface area contributed by atoms with Crippen LogP contribution < -0.4 is 20.9 Å². The third-order valence-electron chi connectivity index (χ3n) is 4.53. The number of benzene rings is 1. The molecule has 1 aliphatic heterocycles. The molecule has 0 saturated carbocycles. The summed E-state index contributed by atoms with van der Waals surface area (Å²) in [4.78, 5) is 25.8. The number of hydrogen-bond donors (Lipinski definition) is 0. The van der Waals surface area contributed by atoms with E-state index in [-0.39, 0.29) is 11.9 Å². The Bertz CT molecular complexity index is 926. The molecule has 7 nitrogen and oxygen atoms in total. The van der Waals surface area contributed by atoms with Gasteiger partial charge >= 0.3 is 11.9 Å². The van der Waals surface area contributed by atoms with E-state index in [1.54, 1.807) is 4.90 Å². The first-order valence-electron chi connectivity index (χ1n) is 8.40. The van der Waals surface area contributed by atoms with Gasteiger partial charge in [0.05, 0.1) is 5.56 Å². The van der Waals surface area contributed by atoms with Crippen LogP contribution in [0.4, 0.5) is 19.0 Å². The Morgan fingerprint density at radius 3 is 2.22 bits per heavy atom. The van der Waals surface area contributed by atoms with Gasteiger partial charge in [-0.15, -0.1) is 5.10 Å². The van der Waals surface area contributed by atoms with Crippen LogP contribution in [0.5, 0.6) is 5.75 Å². The van der Waals surface area contributed by atoms with E-state index in [1.165, 1.54) is 26.2 Å².